The summed E-state index contributed by atoms with van der Waals surface area (Å²) in [6.45, 7) is 2.11. The summed E-state index contributed by atoms with van der Waals surface area (Å²) in [5.74, 6) is -1.41. The van der Waals surface area contributed by atoms with Gasteiger partial charge in [0.2, 0.25) is 0 Å². The molecule has 1 aromatic rings. The summed E-state index contributed by atoms with van der Waals surface area (Å²) < 4.78 is 9.40. The molecule has 1 N–H and O–H groups in total. The summed E-state index contributed by atoms with van der Waals surface area (Å²) in [5.41, 5.74) is 0.572. The van der Waals surface area contributed by atoms with E-state index in [0.717, 1.165) is 25.7 Å². The average Bonchev–Trinajstić information content (AvgIpc) is 2.62. The Morgan fingerprint density at radius 3 is 2.38 bits per heavy atom. The number of hydrogen-bond acceptors (Lipinski definition) is 5. The van der Waals surface area contributed by atoms with Crippen LogP contribution < -0.4 is 5.32 Å². The topological polar surface area (TPSA) is 81.7 Å². The number of benzene rings is 1. The first kappa shape index (κ1) is 19.7. The lowest BCUT2D eigenvalue weighted by molar-refractivity contribution is -0.143. The molecule has 24 heavy (non-hydrogen) atoms. The fourth-order valence-electron chi connectivity index (χ4n) is 2.31. The lowest BCUT2D eigenvalue weighted by Crippen LogP contribution is -2.41. The van der Waals surface area contributed by atoms with E-state index in [1.54, 1.807) is 18.2 Å². The minimum absolute atomic E-state index is 0.280. The summed E-state index contributed by atoms with van der Waals surface area (Å²) in [6, 6.07) is 5.47. The summed E-state index contributed by atoms with van der Waals surface area (Å²) >= 11 is 0. The molecule has 1 aromatic carbocycles. The molecule has 0 heterocycles. The monoisotopic (exact) mass is 335 g/mol. The molecule has 0 bridgehead atoms. The Bertz CT molecular complexity index is 570. The summed E-state index contributed by atoms with van der Waals surface area (Å²) in [4.78, 5) is 35.7. The molecule has 6 nitrogen and oxygen atoms in total. The van der Waals surface area contributed by atoms with E-state index in [4.69, 9.17) is 4.74 Å². The zero-order valence-electron chi connectivity index (χ0n) is 14.5. The number of carbonyl (C=O) groups is 3. The zero-order chi connectivity index (χ0) is 17.9. The van der Waals surface area contributed by atoms with Gasteiger partial charge in [-0.2, -0.15) is 0 Å². The van der Waals surface area contributed by atoms with Crippen molar-refractivity contribution in [2.45, 2.75) is 45.1 Å². The first-order valence-corrected chi connectivity index (χ1v) is 8.10. The van der Waals surface area contributed by atoms with Gasteiger partial charge in [0, 0.05) is 5.56 Å². The van der Waals surface area contributed by atoms with E-state index in [9.17, 15) is 14.4 Å². The quantitative estimate of drug-likeness (QED) is 0.554. The molecule has 0 radical (unpaired) electrons. The van der Waals surface area contributed by atoms with Gasteiger partial charge in [0.05, 0.1) is 19.8 Å². The number of hydrogen-bond donors (Lipinski definition) is 1. The molecule has 1 amide bonds. The lowest BCUT2D eigenvalue weighted by Gasteiger charge is -2.16. The molecule has 0 aliphatic carbocycles. The van der Waals surface area contributed by atoms with Gasteiger partial charge in [0.1, 0.15) is 6.04 Å². The molecule has 1 atom stereocenters. The maximum absolute atomic E-state index is 12.4. The van der Waals surface area contributed by atoms with Crippen molar-refractivity contribution in [3.63, 3.8) is 0 Å². The van der Waals surface area contributed by atoms with Crippen LogP contribution in [0.5, 0.6) is 0 Å². The first-order valence-electron chi connectivity index (χ1n) is 8.10. The molecule has 132 valence electrons. The number of esters is 2. The summed E-state index contributed by atoms with van der Waals surface area (Å²) in [6.07, 6.45) is 4.53. The van der Waals surface area contributed by atoms with E-state index in [2.05, 4.69) is 17.0 Å². The normalized spacial score (nSPS) is 11.5. The number of methoxy groups -OCH3 is 2. The Hall–Kier alpha value is -2.37. The Kier molecular flexibility index (Phi) is 8.54. The number of rotatable bonds is 9. The SMILES string of the molecule is CCCCCC[C@H](NC(=O)c1cccc(C(=O)OC)c1)C(=O)OC. The highest BCUT2D eigenvalue weighted by Gasteiger charge is 2.22. The minimum atomic E-state index is -0.693. The fourth-order valence-corrected chi connectivity index (χ4v) is 2.31. The minimum Gasteiger partial charge on any atom is -0.467 e. The number of ether oxygens (including phenoxy) is 2. The second-order valence-corrected chi connectivity index (χ2v) is 5.47. The van der Waals surface area contributed by atoms with Crippen molar-refractivity contribution in [1.82, 2.24) is 5.32 Å². The molecule has 0 unspecified atom stereocenters. The number of carbonyl (C=O) groups excluding carboxylic acids is 3. The van der Waals surface area contributed by atoms with Gasteiger partial charge < -0.3 is 14.8 Å². The van der Waals surface area contributed by atoms with E-state index in [1.807, 2.05) is 0 Å². The highest BCUT2D eigenvalue weighted by molar-refractivity contribution is 5.99. The van der Waals surface area contributed by atoms with E-state index < -0.39 is 23.9 Å². The highest BCUT2D eigenvalue weighted by Crippen LogP contribution is 2.10. The van der Waals surface area contributed by atoms with Crippen molar-refractivity contribution < 1.29 is 23.9 Å². The van der Waals surface area contributed by atoms with E-state index in [0.29, 0.717) is 12.0 Å². The Labute approximate surface area is 142 Å². The molecule has 1 rings (SSSR count). The Morgan fingerprint density at radius 1 is 1.04 bits per heavy atom. The van der Waals surface area contributed by atoms with Crippen LogP contribution in [0.25, 0.3) is 0 Å². The standard InChI is InChI=1S/C18H25NO5/c1-4-5-6-7-11-15(18(22)24-3)19-16(20)13-9-8-10-14(12-13)17(21)23-2/h8-10,12,15H,4-7,11H2,1-3H3,(H,19,20)/t15-/m0/s1. The van der Waals surface area contributed by atoms with Crippen molar-refractivity contribution >= 4 is 17.8 Å². The van der Waals surface area contributed by atoms with Crippen LogP contribution in [0.4, 0.5) is 0 Å². The summed E-state index contributed by atoms with van der Waals surface area (Å²) in [5, 5.41) is 2.68. The maximum atomic E-state index is 12.4. The Morgan fingerprint density at radius 2 is 1.75 bits per heavy atom. The predicted molar refractivity (Wildman–Crippen MR) is 89.8 cm³/mol. The molecular weight excluding hydrogens is 310 g/mol. The molecule has 0 aliphatic rings. The second-order valence-electron chi connectivity index (χ2n) is 5.47. The average molecular weight is 335 g/mol. The van der Waals surface area contributed by atoms with Crippen LogP contribution in [0.3, 0.4) is 0 Å². The molecule has 0 fully saturated rings. The lowest BCUT2D eigenvalue weighted by atomic mass is 10.1. The van der Waals surface area contributed by atoms with Crippen LogP contribution in [0.15, 0.2) is 24.3 Å². The molecular formula is C18H25NO5. The third-order valence-corrected chi connectivity index (χ3v) is 3.68. The van der Waals surface area contributed by atoms with Gasteiger partial charge in [-0.25, -0.2) is 9.59 Å². The largest absolute Gasteiger partial charge is 0.467 e. The highest BCUT2D eigenvalue weighted by atomic mass is 16.5. The van der Waals surface area contributed by atoms with Crippen molar-refractivity contribution in [3.8, 4) is 0 Å². The third kappa shape index (κ3) is 6.02. The van der Waals surface area contributed by atoms with Gasteiger partial charge in [0.15, 0.2) is 0 Å². The van der Waals surface area contributed by atoms with E-state index in [-0.39, 0.29) is 5.56 Å². The third-order valence-electron chi connectivity index (χ3n) is 3.68. The predicted octanol–water partition coefficient (Wildman–Crippen LogP) is 2.72. The van der Waals surface area contributed by atoms with Crippen LogP contribution in [0, 0.1) is 0 Å². The first-order chi connectivity index (χ1) is 11.5. The van der Waals surface area contributed by atoms with Gasteiger partial charge >= 0.3 is 11.9 Å². The van der Waals surface area contributed by atoms with Gasteiger partial charge in [-0.3, -0.25) is 4.79 Å². The second kappa shape index (κ2) is 10.4. The number of unbranched alkanes of at least 4 members (excludes halogenated alkanes) is 3. The van der Waals surface area contributed by atoms with Crippen molar-refractivity contribution in [2.24, 2.45) is 0 Å². The molecule has 0 saturated heterocycles. The van der Waals surface area contributed by atoms with Gasteiger partial charge in [0.25, 0.3) is 5.91 Å². The van der Waals surface area contributed by atoms with Crippen LogP contribution in [-0.2, 0) is 14.3 Å². The van der Waals surface area contributed by atoms with Crippen LogP contribution >= 0.6 is 0 Å². The van der Waals surface area contributed by atoms with Gasteiger partial charge in [-0.1, -0.05) is 38.7 Å². The van der Waals surface area contributed by atoms with E-state index >= 15 is 0 Å². The van der Waals surface area contributed by atoms with Crippen LogP contribution in [0.1, 0.15) is 59.7 Å². The van der Waals surface area contributed by atoms with Crippen molar-refractivity contribution in [1.29, 1.82) is 0 Å². The summed E-state index contributed by atoms with van der Waals surface area (Å²) in [7, 11) is 2.57. The number of amides is 1. The zero-order valence-corrected chi connectivity index (χ0v) is 14.5. The fraction of sp³-hybridized carbons (Fsp3) is 0.500. The smallest absolute Gasteiger partial charge is 0.337 e. The van der Waals surface area contributed by atoms with Crippen LogP contribution in [0.2, 0.25) is 0 Å². The molecule has 0 aromatic heterocycles. The number of nitrogens with one attached hydrogen (secondary N) is 1. The molecule has 0 saturated carbocycles. The van der Waals surface area contributed by atoms with Gasteiger partial charge in [-0.05, 0) is 24.6 Å². The van der Waals surface area contributed by atoms with Crippen molar-refractivity contribution in [3.05, 3.63) is 35.4 Å². The maximum Gasteiger partial charge on any atom is 0.337 e. The van der Waals surface area contributed by atoms with Crippen LogP contribution in [-0.4, -0.2) is 38.1 Å². The molecule has 6 heteroatoms. The van der Waals surface area contributed by atoms with E-state index in [1.165, 1.54) is 20.3 Å². The van der Waals surface area contributed by atoms with Gasteiger partial charge in [-0.15, -0.1) is 0 Å². The van der Waals surface area contributed by atoms with Crippen molar-refractivity contribution in [2.75, 3.05) is 14.2 Å². The Balaban J connectivity index is 2.76. The molecule has 0 aliphatic heterocycles. The molecule has 0 spiro atoms.